The first-order chi connectivity index (χ1) is 3.41. The van der Waals surface area contributed by atoms with Crippen molar-refractivity contribution >= 4 is 7.25 Å². The molecule has 0 amide bonds. The number of nitrogens with zero attached hydrogens (tertiary/aromatic N) is 1. The second-order valence-electron chi connectivity index (χ2n) is 0.577. The van der Waals surface area contributed by atoms with Crippen LogP contribution in [0.25, 0.3) is 0 Å². The normalized spacial score (nSPS) is 8.00. The van der Waals surface area contributed by atoms with Gasteiger partial charge in [0.25, 0.3) is 0 Å². The highest BCUT2D eigenvalue weighted by atomic mass is 19.5. The van der Waals surface area contributed by atoms with Gasteiger partial charge in [0.2, 0.25) is 0 Å². The molecule has 0 fully saturated rings. The van der Waals surface area contributed by atoms with E-state index in [-0.39, 0.29) is 6.15 Å². The van der Waals surface area contributed by atoms with Crippen molar-refractivity contribution in [3.05, 3.63) is 4.91 Å². The quantitative estimate of drug-likeness (QED) is 0.240. The first-order valence-corrected chi connectivity index (χ1v) is 1.26. The first-order valence-electron chi connectivity index (χ1n) is 1.26. The van der Waals surface area contributed by atoms with E-state index in [0.29, 0.717) is 0 Å². The fourth-order valence-electron chi connectivity index (χ4n) is 0. The van der Waals surface area contributed by atoms with Gasteiger partial charge in [0.15, 0.2) is 5.34 Å². The number of hydrogen-bond donors (Lipinski definition) is 2. The van der Waals surface area contributed by atoms with E-state index in [1.807, 2.05) is 0 Å². The van der Waals surface area contributed by atoms with E-state index < -0.39 is 7.25 Å². The van der Waals surface area contributed by atoms with Crippen LogP contribution in [-0.2, 0) is 0 Å². The van der Waals surface area contributed by atoms with Crippen molar-refractivity contribution < 1.29 is 22.5 Å². The van der Waals surface area contributed by atoms with Gasteiger partial charge in [-0.25, -0.2) is 0 Å². The van der Waals surface area contributed by atoms with Crippen molar-refractivity contribution in [1.82, 2.24) is 6.15 Å². The summed E-state index contributed by atoms with van der Waals surface area (Å²) in [7, 11) is -6.00. The van der Waals surface area contributed by atoms with Crippen molar-refractivity contribution in [1.29, 1.82) is 0 Å². The Hall–Kier alpha value is -0.855. The van der Waals surface area contributed by atoms with Gasteiger partial charge in [-0.1, -0.05) is 0 Å². The Bertz CT molecular complexity index is 56.1. The molecule has 0 unspecified atom stereocenters. The number of hydrogen-bond acceptors (Lipinski definition) is 2. The third kappa shape index (κ3) is 259. The van der Waals surface area contributed by atoms with Gasteiger partial charge >= 0.3 is 7.25 Å². The van der Waals surface area contributed by atoms with Crippen LogP contribution in [-0.4, -0.2) is 12.5 Å². The lowest BCUT2D eigenvalue weighted by Gasteiger charge is -1.94. The van der Waals surface area contributed by atoms with E-state index in [0.717, 1.165) is 0 Å². The zero-order valence-electron chi connectivity index (χ0n) is 4.39. The molecule has 5 N–H and O–H groups in total. The molecule has 0 radical (unpaired) electrons. The average molecular weight is 152 g/mol. The molecule has 0 aliphatic heterocycles. The molecular weight excluding hydrogens is 147 g/mol. The van der Waals surface area contributed by atoms with Crippen LogP contribution in [0.15, 0.2) is 5.34 Å². The van der Waals surface area contributed by atoms with Gasteiger partial charge in [0.05, 0.1) is 0 Å². The minimum absolute atomic E-state index is 0. The molecule has 0 aromatic heterocycles. The minimum atomic E-state index is -6.00. The molecule has 0 saturated heterocycles. The minimum Gasteiger partial charge on any atom is -0.418 e. The molecule has 9 heteroatoms. The fraction of sp³-hybridized carbons (Fsp3) is 0. The second kappa shape index (κ2) is 7.14. The Morgan fingerprint density at radius 3 is 1.22 bits per heavy atom. The monoisotopic (exact) mass is 152 g/mol. The maximum absolute atomic E-state index is 9.75. The molecule has 0 atom stereocenters. The molecule has 0 spiro atoms. The molecule has 0 heterocycles. The van der Waals surface area contributed by atoms with Crippen molar-refractivity contribution in [3.63, 3.8) is 0 Å². The molecule has 0 aromatic rings. The van der Waals surface area contributed by atoms with E-state index in [1.165, 1.54) is 5.34 Å². The van der Waals surface area contributed by atoms with E-state index in [9.17, 15) is 17.3 Å². The number of halogens is 4. The topological polar surface area (TPSA) is 86.2 Å². The van der Waals surface area contributed by atoms with Crippen molar-refractivity contribution in [2.75, 3.05) is 0 Å². The standard InChI is InChI=1S/BF4.HNO2.H3N/c2-1(3,4)5;2-1-3;/h;(H,2,3);1H3/q-1;;/p+1. The lowest BCUT2D eigenvalue weighted by atomic mass is 10.3. The summed E-state index contributed by atoms with van der Waals surface area (Å²) in [5.41, 5.74) is 0. The molecule has 58 valence electrons. The van der Waals surface area contributed by atoms with Crippen molar-refractivity contribution in [3.8, 4) is 0 Å². The summed E-state index contributed by atoms with van der Waals surface area (Å²) in [6.45, 7) is 0. The second-order valence-corrected chi connectivity index (χ2v) is 0.577. The Labute approximate surface area is 47.5 Å². The zero-order valence-corrected chi connectivity index (χ0v) is 4.39. The molecule has 0 aliphatic carbocycles. The Kier molecular flexibility index (Phi) is 12.5. The summed E-state index contributed by atoms with van der Waals surface area (Å²) < 4.78 is 39.0. The van der Waals surface area contributed by atoms with Crippen LogP contribution in [0, 0.1) is 4.91 Å². The summed E-state index contributed by atoms with van der Waals surface area (Å²) in [4.78, 5) is 8.11. The molecule has 0 bridgehead atoms. The summed E-state index contributed by atoms with van der Waals surface area (Å²) in [5, 5.41) is 7.89. The highest BCUT2D eigenvalue weighted by Crippen LogP contribution is 2.06. The zero-order chi connectivity index (χ0) is 7.21. The molecule has 9 heavy (non-hydrogen) atoms. The summed E-state index contributed by atoms with van der Waals surface area (Å²) in [6, 6.07) is 0. The summed E-state index contributed by atoms with van der Waals surface area (Å²) in [6.07, 6.45) is 0. The SMILES string of the molecule is F[B-](F)(F)F.O=NO.[NH4+]. The van der Waals surface area contributed by atoms with Crippen LogP contribution in [0.1, 0.15) is 0 Å². The van der Waals surface area contributed by atoms with Gasteiger partial charge in [-0.3, -0.25) is 0 Å². The van der Waals surface area contributed by atoms with E-state index in [1.54, 1.807) is 0 Å². The van der Waals surface area contributed by atoms with E-state index in [4.69, 9.17) is 10.1 Å². The Morgan fingerprint density at radius 2 is 1.22 bits per heavy atom. The van der Waals surface area contributed by atoms with E-state index >= 15 is 0 Å². The molecular formula is H5BF4N2O2. The molecule has 0 aliphatic rings. The van der Waals surface area contributed by atoms with E-state index in [2.05, 4.69) is 0 Å². The largest absolute Gasteiger partial charge is 0.673 e. The van der Waals surface area contributed by atoms with Gasteiger partial charge in [0, 0.05) is 0 Å². The maximum atomic E-state index is 9.75. The van der Waals surface area contributed by atoms with Gasteiger partial charge in [-0.05, 0) is 0 Å². The van der Waals surface area contributed by atoms with Crippen LogP contribution in [0.2, 0.25) is 0 Å². The van der Waals surface area contributed by atoms with Crippen LogP contribution < -0.4 is 6.15 Å². The number of rotatable bonds is 0. The number of quaternary nitrogens is 1. The lowest BCUT2D eigenvalue weighted by Crippen LogP contribution is -2.02. The summed E-state index contributed by atoms with van der Waals surface area (Å²) in [5.74, 6) is 0. The molecule has 0 aromatic carbocycles. The van der Waals surface area contributed by atoms with Gasteiger partial charge in [-0.15, -0.1) is 4.91 Å². The third-order valence-corrected chi connectivity index (χ3v) is 0. The van der Waals surface area contributed by atoms with Crippen molar-refractivity contribution in [2.45, 2.75) is 0 Å². The smallest absolute Gasteiger partial charge is 0.418 e. The van der Waals surface area contributed by atoms with Crippen LogP contribution >= 0.6 is 0 Å². The van der Waals surface area contributed by atoms with Crippen LogP contribution in [0.5, 0.6) is 0 Å². The highest BCUT2D eigenvalue weighted by Gasteiger charge is 2.20. The highest BCUT2D eigenvalue weighted by molar-refractivity contribution is 6.50. The molecule has 0 rings (SSSR count). The average Bonchev–Trinajstić information content (AvgIpc) is 1.27. The Balaban J connectivity index is -0.0000000800. The predicted octanol–water partition coefficient (Wildman–Crippen LogP) is 1.82. The fourth-order valence-corrected chi connectivity index (χ4v) is 0. The van der Waals surface area contributed by atoms with Gasteiger partial charge in [-0.2, -0.15) is 0 Å². The van der Waals surface area contributed by atoms with Gasteiger partial charge < -0.3 is 28.6 Å². The van der Waals surface area contributed by atoms with Gasteiger partial charge in [0.1, 0.15) is 0 Å². The first kappa shape index (κ1) is 15.7. The van der Waals surface area contributed by atoms with Crippen LogP contribution in [0.4, 0.5) is 17.3 Å². The molecule has 4 nitrogen and oxygen atoms in total. The predicted molar refractivity (Wildman–Crippen MR) is 23.8 cm³/mol. The van der Waals surface area contributed by atoms with Crippen molar-refractivity contribution in [2.24, 2.45) is 5.34 Å². The Morgan fingerprint density at radius 1 is 1.22 bits per heavy atom. The lowest BCUT2D eigenvalue weighted by molar-refractivity contribution is 0.312. The maximum Gasteiger partial charge on any atom is 0.673 e. The van der Waals surface area contributed by atoms with Crippen LogP contribution in [0.3, 0.4) is 0 Å². The summed E-state index contributed by atoms with van der Waals surface area (Å²) >= 11 is 0. The molecule has 0 saturated carbocycles. The third-order valence-electron chi connectivity index (χ3n) is 0.